The summed E-state index contributed by atoms with van der Waals surface area (Å²) in [6.07, 6.45) is 6.48. The first-order valence-electron chi connectivity index (χ1n) is 5.14. The maximum absolute atomic E-state index is 9.99. The van der Waals surface area contributed by atoms with Crippen LogP contribution in [0.25, 0.3) is 0 Å². The molecule has 0 aromatic carbocycles. The molecule has 1 heterocycles. The van der Waals surface area contributed by atoms with Crippen molar-refractivity contribution in [3.05, 3.63) is 0 Å². The lowest BCUT2D eigenvalue weighted by atomic mass is 9.56. The van der Waals surface area contributed by atoms with Crippen LogP contribution in [0.2, 0.25) is 0 Å². The molecule has 0 bridgehead atoms. The summed E-state index contributed by atoms with van der Waals surface area (Å²) in [4.78, 5) is 0. The van der Waals surface area contributed by atoms with Gasteiger partial charge in [-0.15, -0.1) is 0 Å². The van der Waals surface area contributed by atoms with Crippen LogP contribution in [-0.4, -0.2) is 23.9 Å². The van der Waals surface area contributed by atoms with Crippen LogP contribution in [-0.2, 0) is 4.74 Å². The zero-order chi connectivity index (χ0) is 8.18. The van der Waals surface area contributed by atoms with Gasteiger partial charge in [0.15, 0.2) is 0 Å². The van der Waals surface area contributed by atoms with Gasteiger partial charge in [-0.1, -0.05) is 12.8 Å². The summed E-state index contributed by atoms with van der Waals surface area (Å²) in [5.41, 5.74) is 0.209. The van der Waals surface area contributed by atoms with Gasteiger partial charge in [0.05, 0.1) is 12.2 Å². The third-order valence-corrected chi connectivity index (χ3v) is 4.23. The normalized spacial score (nSPS) is 49.2. The minimum absolute atomic E-state index is 0.0347. The fraction of sp³-hybridized carbons (Fsp3) is 1.00. The zero-order valence-electron chi connectivity index (χ0n) is 7.33. The maximum atomic E-state index is 9.99. The lowest BCUT2D eigenvalue weighted by Gasteiger charge is -2.53. The molecule has 2 heteroatoms. The summed E-state index contributed by atoms with van der Waals surface area (Å²) < 4.78 is 5.70. The number of ether oxygens (including phenoxy) is 1. The van der Waals surface area contributed by atoms with Crippen molar-refractivity contribution < 1.29 is 9.84 Å². The Morgan fingerprint density at radius 1 is 1.25 bits per heavy atom. The van der Waals surface area contributed by atoms with E-state index in [-0.39, 0.29) is 11.5 Å². The average molecular weight is 168 g/mol. The Bertz CT molecular complexity index is 196. The molecule has 12 heavy (non-hydrogen) atoms. The molecule has 1 aliphatic heterocycles. The fourth-order valence-electron chi connectivity index (χ4n) is 3.61. The molecule has 3 fully saturated rings. The Balaban J connectivity index is 1.87. The van der Waals surface area contributed by atoms with E-state index in [0.717, 1.165) is 13.0 Å². The van der Waals surface area contributed by atoms with Crippen LogP contribution in [0.15, 0.2) is 0 Å². The van der Waals surface area contributed by atoms with Gasteiger partial charge in [0.25, 0.3) is 0 Å². The van der Waals surface area contributed by atoms with E-state index in [1.807, 2.05) is 0 Å². The minimum atomic E-state index is -0.0347. The second-order valence-electron chi connectivity index (χ2n) is 4.63. The van der Waals surface area contributed by atoms with E-state index in [4.69, 9.17) is 4.74 Å². The highest BCUT2D eigenvalue weighted by atomic mass is 16.5. The van der Waals surface area contributed by atoms with Crippen molar-refractivity contribution in [3.8, 4) is 0 Å². The van der Waals surface area contributed by atoms with Crippen LogP contribution in [0.3, 0.4) is 0 Å². The first kappa shape index (κ1) is 7.34. The van der Waals surface area contributed by atoms with Crippen LogP contribution in [0.4, 0.5) is 0 Å². The smallest absolute Gasteiger partial charge is 0.0709 e. The van der Waals surface area contributed by atoms with E-state index in [1.165, 1.54) is 25.7 Å². The van der Waals surface area contributed by atoms with E-state index in [1.54, 1.807) is 0 Å². The van der Waals surface area contributed by atoms with Gasteiger partial charge in [0.2, 0.25) is 0 Å². The molecule has 2 saturated carbocycles. The molecule has 3 atom stereocenters. The van der Waals surface area contributed by atoms with Crippen molar-refractivity contribution in [2.75, 3.05) is 6.61 Å². The minimum Gasteiger partial charge on any atom is -0.392 e. The Labute approximate surface area is 72.9 Å². The molecule has 0 unspecified atom stereocenters. The van der Waals surface area contributed by atoms with Gasteiger partial charge in [0, 0.05) is 17.9 Å². The molecule has 2 nitrogen and oxygen atoms in total. The monoisotopic (exact) mass is 168 g/mol. The molecule has 1 spiro atoms. The molecule has 3 rings (SSSR count). The molecular weight excluding hydrogens is 152 g/mol. The van der Waals surface area contributed by atoms with Gasteiger partial charge < -0.3 is 9.84 Å². The van der Waals surface area contributed by atoms with Gasteiger partial charge in [-0.25, -0.2) is 0 Å². The first-order chi connectivity index (χ1) is 5.84. The van der Waals surface area contributed by atoms with Crippen LogP contribution >= 0.6 is 0 Å². The van der Waals surface area contributed by atoms with Crippen LogP contribution in [0.1, 0.15) is 32.1 Å². The van der Waals surface area contributed by atoms with E-state index in [9.17, 15) is 5.11 Å². The number of aliphatic hydroxyl groups is 1. The third kappa shape index (κ3) is 0.647. The standard InChI is InChI=1S/C10H16O2/c11-8-7-3-6-12-9(7)10(8)4-1-2-5-10/h7-9,11H,1-6H2/t7-,8+,9+/m0/s1. The number of hydrogen-bond donors (Lipinski definition) is 1. The summed E-state index contributed by atoms with van der Waals surface area (Å²) in [7, 11) is 0. The molecule has 0 radical (unpaired) electrons. The summed E-state index contributed by atoms with van der Waals surface area (Å²) in [5.74, 6) is 0.489. The van der Waals surface area contributed by atoms with Gasteiger partial charge in [-0.05, 0) is 19.3 Å². The number of fused-ring (bicyclic) bond motifs is 2. The Morgan fingerprint density at radius 2 is 2.00 bits per heavy atom. The van der Waals surface area contributed by atoms with E-state index in [0.29, 0.717) is 12.0 Å². The fourth-order valence-corrected chi connectivity index (χ4v) is 3.61. The lowest BCUT2D eigenvalue weighted by Crippen LogP contribution is -2.61. The van der Waals surface area contributed by atoms with Gasteiger partial charge in [-0.2, -0.15) is 0 Å². The molecule has 0 aromatic rings. The predicted octanol–water partition coefficient (Wildman–Crippen LogP) is 1.33. The Morgan fingerprint density at radius 3 is 2.75 bits per heavy atom. The van der Waals surface area contributed by atoms with E-state index >= 15 is 0 Å². The SMILES string of the molecule is O[C@@H]1[C@@H]2CCO[C@H]2C12CCCC2. The topological polar surface area (TPSA) is 29.5 Å². The van der Waals surface area contributed by atoms with Crippen molar-refractivity contribution in [1.82, 2.24) is 0 Å². The van der Waals surface area contributed by atoms with Crippen molar-refractivity contribution >= 4 is 0 Å². The highest BCUT2D eigenvalue weighted by molar-refractivity contribution is 5.13. The highest BCUT2D eigenvalue weighted by Gasteiger charge is 2.64. The maximum Gasteiger partial charge on any atom is 0.0709 e. The molecule has 1 saturated heterocycles. The van der Waals surface area contributed by atoms with Crippen molar-refractivity contribution in [2.45, 2.75) is 44.3 Å². The second kappa shape index (κ2) is 2.24. The first-order valence-corrected chi connectivity index (χ1v) is 5.14. The molecule has 0 aromatic heterocycles. The average Bonchev–Trinajstić information content (AvgIpc) is 2.72. The summed E-state index contributed by atoms with van der Waals surface area (Å²) >= 11 is 0. The van der Waals surface area contributed by atoms with E-state index in [2.05, 4.69) is 0 Å². The Hall–Kier alpha value is -0.0800. The van der Waals surface area contributed by atoms with Crippen molar-refractivity contribution in [2.24, 2.45) is 11.3 Å². The van der Waals surface area contributed by atoms with Crippen LogP contribution in [0.5, 0.6) is 0 Å². The highest BCUT2D eigenvalue weighted by Crippen LogP contribution is 2.60. The molecule has 0 amide bonds. The summed E-state index contributed by atoms with van der Waals surface area (Å²) in [5, 5.41) is 9.99. The largest absolute Gasteiger partial charge is 0.392 e. The number of aliphatic hydroxyl groups excluding tert-OH is 1. The quantitative estimate of drug-likeness (QED) is 0.591. The molecule has 2 aliphatic carbocycles. The lowest BCUT2D eigenvalue weighted by molar-refractivity contribution is -0.196. The van der Waals surface area contributed by atoms with Gasteiger partial charge >= 0.3 is 0 Å². The molecule has 3 aliphatic rings. The molecule has 1 N–H and O–H groups in total. The summed E-state index contributed by atoms with van der Waals surface area (Å²) in [6, 6.07) is 0. The number of rotatable bonds is 0. The third-order valence-electron chi connectivity index (χ3n) is 4.23. The van der Waals surface area contributed by atoms with Crippen molar-refractivity contribution in [3.63, 3.8) is 0 Å². The van der Waals surface area contributed by atoms with E-state index < -0.39 is 0 Å². The Kier molecular flexibility index (Phi) is 1.37. The van der Waals surface area contributed by atoms with Crippen molar-refractivity contribution in [1.29, 1.82) is 0 Å². The summed E-state index contributed by atoms with van der Waals surface area (Å²) in [6.45, 7) is 0.883. The van der Waals surface area contributed by atoms with Gasteiger partial charge in [0.1, 0.15) is 0 Å². The van der Waals surface area contributed by atoms with Gasteiger partial charge in [-0.3, -0.25) is 0 Å². The predicted molar refractivity (Wildman–Crippen MR) is 44.8 cm³/mol. The van der Waals surface area contributed by atoms with Crippen LogP contribution in [0, 0.1) is 11.3 Å². The van der Waals surface area contributed by atoms with Crippen LogP contribution < -0.4 is 0 Å². The zero-order valence-corrected chi connectivity index (χ0v) is 7.33. The second-order valence-corrected chi connectivity index (χ2v) is 4.63. The molecule has 68 valence electrons. The number of hydrogen-bond acceptors (Lipinski definition) is 2. The molecular formula is C10H16O2.